The van der Waals surface area contributed by atoms with Gasteiger partial charge in [0.05, 0.1) is 26.9 Å². The predicted octanol–water partition coefficient (Wildman–Crippen LogP) is 2.99. The Labute approximate surface area is 134 Å². The van der Waals surface area contributed by atoms with Crippen LogP contribution in [0.25, 0.3) is 0 Å². The molecular formula is C17H18O6. The van der Waals surface area contributed by atoms with Crippen LogP contribution in [0.1, 0.15) is 15.9 Å². The number of carboxylic acid groups (broad SMARTS) is 1. The number of carboxylic acids is 1. The fourth-order valence-corrected chi connectivity index (χ4v) is 2.09. The van der Waals surface area contributed by atoms with Crippen molar-refractivity contribution in [3.63, 3.8) is 0 Å². The molecule has 0 spiro atoms. The Morgan fingerprint density at radius 2 is 1.57 bits per heavy atom. The second-order valence-corrected chi connectivity index (χ2v) is 4.64. The van der Waals surface area contributed by atoms with E-state index >= 15 is 0 Å². The van der Waals surface area contributed by atoms with Gasteiger partial charge in [-0.05, 0) is 30.3 Å². The molecule has 0 aliphatic rings. The summed E-state index contributed by atoms with van der Waals surface area (Å²) in [6, 6.07) is 9.81. The fourth-order valence-electron chi connectivity index (χ4n) is 2.09. The summed E-state index contributed by atoms with van der Waals surface area (Å²) in [6.45, 7) is 0.166. The number of rotatable bonds is 7. The second kappa shape index (κ2) is 7.40. The van der Waals surface area contributed by atoms with Crippen molar-refractivity contribution < 1.29 is 28.8 Å². The lowest BCUT2D eigenvalue weighted by Crippen LogP contribution is -2.03. The maximum absolute atomic E-state index is 11.1. The van der Waals surface area contributed by atoms with Gasteiger partial charge in [0.1, 0.15) is 18.1 Å². The third kappa shape index (κ3) is 3.85. The molecule has 6 nitrogen and oxygen atoms in total. The summed E-state index contributed by atoms with van der Waals surface area (Å²) in [7, 11) is 4.62. The summed E-state index contributed by atoms with van der Waals surface area (Å²) in [5, 5.41) is 9.07. The molecule has 0 saturated carbocycles. The van der Waals surface area contributed by atoms with Crippen molar-refractivity contribution >= 4 is 5.97 Å². The van der Waals surface area contributed by atoms with E-state index in [1.165, 1.54) is 19.2 Å². The van der Waals surface area contributed by atoms with Crippen LogP contribution in [-0.2, 0) is 6.61 Å². The van der Waals surface area contributed by atoms with Gasteiger partial charge < -0.3 is 24.1 Å². The Hall–Kier alpha value is -2.89. The topological polar surface area (TPSA) is 74.2 Å². The minimum Gasteiger partial charge on any atom is -0.496 e. The van der Waals surface area contributed by atoms with Crippen molar-refractivity contribution in [1.29, 1.82) is 0 Å². The summed E-state index contributed by atoms with van der Waals surface area (Å²) in [4.78, 5) is 11.1. The molecule has 0 amide bonds. The minimum absolute atomic E-state index is 0.166. The smallest absolute Gasteiger partial charge is 0.335 e. The van der Waals surface area contributed by atoms with Crippen molar-refractivity contribution in [3.8, 4) is 23.0 Å². The van der Waals surface area contributed by atoms with Crippen molar-refractivity contribution in [3.05, 3.63) is 47.5 Å². The lowest BCUT2D eigenvalue weighted by atomic mass is 10.1. The SMILES string of the molecule is COc1ccc(C(=O)O)cc1COc1ccc(OC)c(OC)c1. The van der Waals surface area contributed by atoms with Crippen molar-refractivity contribution in [2.75, 3.05) is 21.3 Å². The fraction of sp³-hybridized carbons (Fsp3) is 0.235. The molecule has 0 bridgehead atoms. The molecule has 2 aromatic carbocycles. The lowest BCUT2D eigenvalue weighted by molar-refractivity contribution is 0.0696. The standard InChI is InChI=1S/C17H18O6/c1-20-14-6-4-11(17(18)19)8-12(14)10-23-13-5-7-15(21-2)16(9-13)22-3/h4-9H,10H2,1-3H3,(H,18,19). The van der Waals surface area contributed by atoms with E-state index < -0.39 is 5.97 Å². The summed E-state index contributed by atoms with van der Waals surface area (Å²) in [6.07, 6.45) is 0. The molecule has 0 heterocycles. The minimum atomic E-state index is -1.000. The van der Waals surface area contributed by atoms with E-state index in [0.29, 0.717) is 28.6 Å². The largest absolute Gasteiger partial charge is 0.496 e. The molecule has 0 atom stereocenters. The number of aromatic carboxylic acids is 1. The van der Waals surface area contributed by atoms with Crippen LogP contribution >= 0.6 is 0 Å². The molecule has 1 N–H and O–H groups in total. The van der Waals surface area contributed by atoms with Crippen LogP contribution in [-0.4, -0.2) is 32.4 Å². The van der Waals surface area contributed by atoms with Crippen LogP contribution in [0.3, 0.4) is 0 Å². The van der Waals surface area contributed by atoms with Crippen molar-refractivity contribution in [2.24, 2.45) is 0 Å². The lowest BCUT2D eigenvalue weighted by Gasteiger charge is -2.13. The van der Waals surface area contributed by atoms with Crippen LogP contribution in [0.15, 0.2) is 36.4 Å². The molecule has 0 aromatic heterocycles. The Bertz CT molecular complexity index is 695. The maximum atomic E-state index is 11.1. The summed E-state index contributed by atoms with van der Waals surface area (Å²) >= 11 is 0. The zero-order chi connectivity index (χ0) is 16.8. The molecule has 122 valence electrons. The quantitative estimate of drug-likeness (QED) is 0.846. The van der Waals surface area contributed by atoms with E-state index in [-0.39, 0.29) is 12.2 Å². The first kappa shape index (κ1) is 16.5. The average molecular weight is 318 g/mol. The van der Waals surface area contributed by atoms with E-state index in [0.717, 1.165) is 0 Å². The highest BCUT2D eigenvalue weighted by Gasteiger charge is 2.11. The Balaban J connectivity index is 2.20. The maximum Gasteiger partial charge on any atom is 0.335 e. The Morgan fingerprint density at radius 1 is 0.913 bits per heavy atom. The van der Waals surface area contributed by atoms with Gasteiger partial charge in [0.2, 0.25) is 0 Å². The normalized spacial score (nSPS) is 10.0. The summed E-state index contributed by atoms with van der Waals surface area (Å²) < 4.78 is 21.3. The van der Waals surface area contributed by atoms with Crippen LogP contribution in [0.2, 0.25) is 0 Å². The first-order valence-corrected chi connectivity index (χ1v) is 6.84. The third-order valence-corrected chi connectivity index (χ3v) is 3.28. The highest BCUT2D eigenvalue weighted by Crippen LogP contribution is 2.31. The number of ether oxygens (including phenoxy) is 4. The van der Waals surface area contributed by atoms with Gasteiger partial charge in [0.15, 0.2) is 11.5 Å². The van der Waals surface area contributed by atoms with Crippen LogP contribution in [0, 0.1) is 0 Å². The Morgan fingerprint density at radius 3 is 2.17 bits per heavy atom. The molecular weight excluding hydrogens is 300 g/mol. The van der Waals surface area contributed by atoms with Crippen molar-refractivity contribution in [1.82, 2.24) is 0 Å². The molecule has 0 aliphatic carbocycles. The van der Waals surface area contributed by atoms with Crippen LogP contribution in [0.5, 0.6) is 23.0 Å². The third-order valence-electron chi connectivity index (χ3n) is 3.28. The van der Waals surface area contributed by atoms with Crippen LogP contribution in [0.4, 0.5) is 0 Å². The molecule has 0 aliphatic heterocycles. The Kier molecular flexibility index (Phi) is 5.30. The highest BCUT2D eigenvalue weighted by molar-refractivity contribution is 5.88. The number of benzene rings is 2. The molecule has 2 rings (SSSR count). The molecule has 23 heavy (non-hydrogen) atoms. The first-order chi connectivity index (χ1) is 11.1. The summed E-state index contributed by atoms with van der Waals surface area (Å²) in [5.74, 6) is 1.29. The van der Waals surface area contributed by atoms with E-state index in [2.05, 4.69) is 0 Å². The monoisotopic (exact) mass is 318 g/mol. The van der Waals surface area contributed by atoms with Crippen molar-refractivity contribution in [2.45, 2.75) is 6.61 Å². The van der Waals surface area contributed by atoms with Gasteiger partial charge >= 0.3 is 5.97 Å². The molecule has 2 aromatic rings. The van der Waals surface area contributed by atoms with Crippen LogP contribution < -0.4 is 18.9 Å². The van der Waals surface area contributed by atoms with Gasteiger partial charge in [0.25, 0.3) is 0 Å². The van der Waals surface area contributed by atoms with Gasteiger partial charge in [-0.15, -0.1) is 0 Å². The average Bonchev–Trinajstić information content (AvgIpc) is 2.59. The van der Waals surface area contributed by atoms with Gasteiger partial charge in [-0.25, -0.2) is 4.79 Å². The number of carbonyl (C=O) groups is 1. The number of hydrogen-bond donors (Lipinski definition) is 1. The molecule has 0 fully saturated rings. The van der Waals surface area contributed by atoms with E-state index in [1.54, 1.807) is 38.5 Å². The van der Waals surface area contributed by atoms with Gasteiger partial charge in [-0.1, -0.05) is 0 Å². The molecule has 0 unspecified atom stereocenters. The van der Waals surface area contributed by atoms with E-state index in [4.69, 9.17) is 24.1 Å². The van der Waals surface area contributed by atoms with E-state index in [9.17, 15) is 4.79 Å². The van der Waals surface area contributed by atoms with Gasteiger partial charge in [-0.3, -0.25) is 0 Å². The predicted molar refractivity (Wildman–Crippen MR) is 83.8 cm³/mol. The van der Waals surface area contributed by atoms with Gasteiger partial charge in [0, 0.05) is 11.6 Å². The van der Waals surface area contributed by atoms with E-state index in [1.807, 2.05) is 0 Å². The molecule has 6 heteroatoms. The number of hydrogen-bond acceptors (Lipinski definition) is 5. The molecule has 0 radical (unpaired) electrons. The highest BCUT2D eigenvalue weighted by atomic mass is 16.5. The second-order valence-electron chi connectivity index (χ2n) is 4.64. The zero-order valence-corrected chi connectivity index (χ0v) is 13.2. The zero-order valence-electron chi connectivity index (χ0n) is 13.2. The van der Waals surface area contributed by atoms with Gasteiger partial charge in [-0.2, -0.15) is 0 Å². The number of methoxy groups -OCH3 is 3. The first-order valence-electron chi connectivity index (χ1n) is 6.84. The summed E-state index contributed by atoms with van der Waals surface area (Å²) in [5.41, 5.74) is 0.818. The molecule has 0 saturated heterocycles.